The summed E-state index contributed by atoms with van der Waals surface area (Å²) in [5, 5.41) is 33.1. The van der Waals surface area contributed by atoms with Gasteiger partial charge in [-0.3, -0.25) is 9.59 Å². The van der Waals surface area contributed by atoms with E-state index in [4.69, 9.17) is 4.74 Å². The lowest BCUT2D eigenvalue weighted by molar-refractivity contribution is -0.687. The number of carbonyl (C=O) groups excluding carboxylic acids is 2. The molecule has 11 heteroatoms. The van der Waals surface area contributed by atoms with E-state index in [-0.39, 0.29) is 23.0 Å². The Kier molecular flexibility index (Phi) is 8.58. The molecule has 2 aromatic rings. The number of ether oxygens (including phenoxy) is 1. The Hall–Kier alpha value is -3.86. The molecule has 0 saturated heterocycles. The zero-order valence-electron chi connectivity index (χ0n) is 17.5. The largest absolute Gasteiger partial charge is 0.571 e. The molecule has 0 aromatic heterocycles. The van der Waals surface area contributed by atoms with Crippen molar-refractivity contribution < 1.29 is 24.3 Å². The summed E-state index contributed by atoms with van der Waals surface area (Å²) in [6, 6.07) is 18.1. The molecule has 31 heavy (non-hydrogen) atoms. The van der Waals surface area contributed by atoms with Crippen molar-refractivity contribution in [2.45, 2.75) is 19.2 Å². The second kappa shape index (κ2) is 11.4. The highest BCUT2D eigenvalue weighted by Crippen LogP contribution is 2.06. The first-order valence-corrected chi connectivity index (χ1v) is 9.30. The number of hydrazine groups is 2. The molecular weight excluding hydrogens is 404 g/mol. The van der Waals surface area contributed by atoms with Crippen LogP contribution in [0.5, 0.6) is 0 Å². The molecule has 0 aliphatic rings. The van der Waals surface area contributed by atoms with Crippen LogP contribution in [0.15, 0.2) is 70.9 Å². The van der Waals surface area contributed by atoms with Crippen LogP contribution in [-0.2, 0) is 27.4 Å². The summed E-state index contributed by atoms with van der Waals surface area (Å²) < 4.78 is 4.82. The highest BCUT2D eigenvalue weighted by Gasteiger charge is 2.32. The third-order valence-electron chi connectivity index (χ3n) is 4.15. The number of benzene rings is 2. The second-order valence-electron chi connectivity index (χ2n) is 6.60. The van der Waals surface area contributed by atoms with Crippen LogP contribution < -0.4 is 0 Å². The average molecular weight is 428 g/mol. The van der Waals surface area contributed by atoms with Crippen LogP contribution in [0.3, 0.4) is 0 Å². The van der Waals surface area contributed by atoms with E-state index in [0.29, 0.717) is 0 Å². The van der Waals surface area contributed by atoms with Crippen molar-refractivity contribution in [2.24, 2.45) is 10.2 Å². The minimum Gasteiger partial charge on any atom is -0.571 e. The molecule has 0 radical (unpaired) electrons. The Morgan fingerprint density at radius 3 is 1.52 bits per heavy atom. The average Bonchev–Trinajstić information content (AvgIpc) is 2.75. The SMILES string of the molecule is COC(C(=O)N=[N+]([O-])N(C)Cc1ccccc1)C(=O)N=[N+]([O-])N(C)Cc1ccccc1. The summed E-state index contributed by atoms with van der Waals surface area (Å²) in [6.07, 6.45) is -1.82. The maximum Gasteiger partial charge on any atom is 0.351 e. The first kappa shape index (κ1) is 23.4. The molecule has 0 atom stereocenters. The maximum atomic E-state index is 12.3. The van der Waals surface area contributed by atoms with Crippen LogP contribution in [0.2, 0.25) is 0 Å². The smallest absolute Gasteiger partial charge is 0.351 e. The van der Waals surface area contributed by atoms with E-state index in [0.717, 1.165) is 28.3 Å². The van der Waals surface area contributed by atoms with Crippen molar-refractivity contribution in [3.05, 3.63) is 82.2 Å². The Balaban J connectivity index is 2.03. The Morgan fingerprint density at radius 1 is 0.839 bits per heavy atom. The zero-order chi connectivity index (χ0) is 22.8. The fourth-order valence-electron chi connectivity index (χ4n) is 2.55. The predicted molar refractivity (Wildman–Crippen MR) is 109 cm³/mol. The molecule has 0 aliphatic heterocycles. The summed E-state index contributed by atoms with van der Waals surface area (Å²) >= 11 is 0. The van der Waals surface area contributed by atoms with Crippen LogP contribution in [0.1, 0.15) is 11.1 Å². The molecule has 0 saturated carbocycles. The highest BCUT2D eigenvalue weighted by atomic mass is 16.6. The molecule has 2 aromatic carbocycles. The van der Waals surface area contributed by atoms with Crippen molar-refractivity contribution in [3.8, 4) is 0 Å². The molecule has 2 amide bonds. The molecule has 2 rings (SSSR count). The van der Waals surface area contributed by atoms with Gasteiger partial charge in [0.05, 0.1) is 24.3 Å². The van der Waals surface area contributed by atoms with Crippen molar-refractivity contribution in [3.63, 3.8) is 0 Å². The third-order valence-corrected chi connectivity index (χ3v) is 4.15. The molecule has 11 nitrogen and oxygen atoms in total. The topological polar surface area (TPSA) is 127 Å². The van der Waals surface area contributed by atoms with Crippen molar-refractivity contribution in [1.29, 1.82) is 0 Å². The van der Waals surface area contributed by atoms with E-state index in [2.05, 4.69) is 10.2 Å². The van der Waals surface area contributed by atoms with Gasteiger partial charge in [-0.25, -0.2) is 0 Å². The number of hydrogen-bond donors (Lipinski definition) is 0. The van der Waals surface area contributed by atoms with E-state index in [1.165, 1.54) is 14.1 Å². The Bertz CT molecular complexity index is 860. The molecule has 0 unspecified atom stereocenters. The van der Waals surface area contributed by atoms with Gasteiger partial charge in [-0.15, -0.1) is 10.0 Å². The third kappa shape index (κ3) is 7.16. The van der Waals surface area contributed by atoms with E-state index in [9.17, 15) is 20.0 Å². The Labute approximate surface area is 179 Å². The summed E-state index contributed by atoms with van der Waals surface area (Å²) in [4.78, 5) is 24.6. The van der Waals surface area contributed by atoms with Gasteiger partial charge in [0.2, 0.25) is 6.10 Å². The molecule has 164 valence electrons. The quantitative estimate of drug-likeness (QED) is 0.259. The number of nitrogens with zero attached hydrogens (tertiary/aromatic N) is 6. The maximum absolute atomic E-state index is 12.3. The van der Waals surface area contributed by atoms with Gasteiger partial charge < -0.3 is 15.2 Å². The van der Waals surface area contributed by atoms with E-state index < -0.39 is 17.9 Å². The summed E-state index contributed by atoms with van der Waals surface area (Å²) in [7, 11) is 3.95. The summed E-state index contributed by atoms with van der Waals surface area (Å²) in [6.45, 7) is 0.380. The predicted octanol–water partition coefficient (Wildman–Crippen LogP) is 2.07. The van der Waals surface area contributed by atoms with Crippen LogP contribution in [0, 0.1) is 10.4 Å². The molecular formula is C20H24N6O5. The van der Waals surface area contributed by atoms with Gasteiger partial charge >= 0.3 is 11.8 Å². The van der Waals surface area contributed by atoms with Crippen LogP contribution >= 0.6 is 0 Å². The van der Waals surface area contributed by atoms with Crippen molar-refractivity contribution >= 4 is 11.8 Å². The second-order valence-corrected chi connectivity index (χ2v) is 6.60. The van der Waals surface area contributed by atoms with Gasteiger partial charge in [-0.1, -0.05) is 60.7 Å². The minimum absolute atomic E-state index is 0.0606. The molecule has 0 fully saturated rings. The molecule has 0 spiro atoms. The lowest BCUT2D eigenvalue weighted by atomic mass is 10.2. The molecule has 0 heterocycles. The normalized spacial score (nSPS) is 12.9. The molecule has 0 bridgehead atoms. The summed E-state index contributed by atoms with van der Waals surface area (Å²) in [5.74, 6) is -2.35. The van der Waals surface area contributed by atoms with E-state index in [1.54, 1.807) is 24.3 Å². The minimum atomic E-state index is -1.82. The first-order chi connectivity index (χ1) is 14.8. The number of hydrogen-bond acceptors (Lipinski definition) is 5. The highest BCUT2D eigenvalue weighted by molar-refractivity contribution is 6.03. The summed E-state index contributed by atoms with van der Waals surface area (Å²) in [5.41, 5.74) is 1.65. The number of methoxy groups -OCH3 is 1. The number of amides is 2. The van der Waals surface area contributed by atoms with Gasteiger partial charge in [0.25, 0.3) is 0 Å². The standard InChI is InChI=1S/C20H24N6O5/c1-23(14-16-10-6-4-7-11-16)25(29)21-19(27)18(31-3)20(28)22-26(30)24(2)15-17-12-8-5-9-13-17/h4-13,18H,14-15H2,1-3H3. The number of carbonyl (C=O) groups is 2. The number of rotatable bonds is 9. The van der Waals surface area contributed by atoms with Gasteiger partial charge in [0.1, 0.15) is 13.1 Å². The van der Waals surface area contributed by atoms with Gasteiger partial charge in [0, 0.05) is 17.0 Å². The van der Waals surface area contributed by atoms with Crippen molar-refractivity contribution in [1.82, 2.24) is 10.0 Å². The zero-order valence-corrected chi connectivity index (χ0v) is 17.5. The monoisotopic (exact) mass is 428 g/mol. The van der Waals surface area contributed by atoms with Crippen molar-refractivity contribution in [2.75, 3.05) is 21.2 Å². The van der Waals surface area contributed by atoms with Gasteiger partial charge in [-0.05, 0) is 11.1 Å². The fraction of sp³-hybridized carbons (Fsp3) is 0.300. The first-order valence-electron chi connectivity index (χ1n) is 9.30. The fourth-order valence-corrected chi connectivity index (χ4v) is 2.55. The lowest BCUT2D eigenvalue weighted by Crippen LogP contribution is -2.35. The van der Waals surface area contributed by atoms with Crippen LogP contribution in [0.25, 0.3) is 0 Å². The molecule has 0 aliphatic carbocycles. The van der Waals surface area contributed by atoms with E-state index >= 15 is 0 Å². The lowest BCUT2D eigenvalue weighted by Gasteiger charge is -2.15. The Morgan fingerprint density at radius 2 is 1.19 bits per heavy atom. The van der Waals surface area contributed by atoms with Gasteiger partial charge in [-0.2, -0.15) is 0 Å². The van der Waals surface area contributed by atoms with Gasteiger partial charge in [0.15, 0.2) is 0 Å². The van der Waals surface area contributed by atoms with E-state index in [1.807, 2.05) is 36.4 Å². The van der Waals surface area contributed by atoms with Crippen LogP contribution in [-0.4, -0.2) is 59.1 Å². The molecule has 0 N–H and O–H groups in total. The van der Waals surface area contributed by atoms with Crippen LogP contribution in [0.4, 0.5) is 0 Å².